The predicted octanol–water partition coefficient (Wildman–Crippen LogP) is 2.75. The summed E-state index contributed by atoms with van der Waals surface area (Å²) in [5.41, 5.74) is 6.36. The van der Waals surface area contributed by atoms with Gasteiger partial charge in [-0.3, -0.25) is 4.90 Å². The first kappa shape index (κ1) is 16.9. The van der Waals surface area contributed by atoms with Crippen molar-refractivity contribution >= 4 is 29.4 Å². The summed E-state index contributed by atoms with van der Waals surface area (Å²) >= 11 is 1.67. The molecule has 0 saturated carbocycles. The fourth-order valence-electron chi connectivity index (χ4n) is 2.63. The van der Waals surface area contributed by atoms with Crippen LogP contribution >= 0.6 is 11.8 Å². The highest BCUT2D eigenvalue weighted by atomic mass is 32.2. The van der Waals surface area contributed by atoms with Crippen LogP contribution in [0, 0.1) is 0 Å². The van der Waals surface area contributed by atoms with Gasteiger partial charge in [-0.2, -0.15) is 0 Å². The molecule has 0 unspecified atom stereocenters. The Kier molecular flexibility index (Phi) is 6.33. The van der Waals surface area contributed by atoms with Crippen LogP contribution in [0.25, 0.3) is 0 Å². The molecule has 0 spiro atoms. The van der Waals surface area contributed by atoms with Crippen LogP contribution in [0.5, 0.6) is 0 Å². The van der Waals surface area contributed by atoms with E-state index in [1.807, 2.05) is 6.07 Å². The molecule has 1 aliphatic rings. The monoisotopic (exact) mass is 324 g/mol. The van der Waals surface area contributed by atoms with Gasteiger partial charge in [0.15, 0.2) is 0 Å². The highest BCUT2D eigenvalue weighted by molar-refractivity contribution is 7.99. The fraction of sp³-hybridized carbons (Fsp3) is 0.600. The zero-order valence-corrected chi connectivity index (χ0v) is 13.8. The van der Waals surface area contributed by atoms with E-state index in [-0.39, 0.29) is 5.82 Å². The van der Waals surface area contributed by atoms with Crippen LogP contribution in [0.15, 0.2) is 17.2 Å². The molecule has 0 aromatic carbocycles. The summed E-state index contributed by atoms with van der Waals surface area (Å²) in [6.07, 6.45) is 2.93. The van der Waals surface area contributed by atoms with Gasteiger partial charge in [0, 0.05) is 18.8 Å². The summed E-state index contributed by atoms with van der Waals surface area (Å²) < 4.78 is 0. The van der Waals surface area contributed by atoms with Crippen molar-refractivity contribution in [3.8, 4) is 0 Å². The molecule has 122 valence electrons. The Bertz CT molecular complexity index is 506. The summed E-state index contributed by atoms with van der Waals surface area (Å²) in [5, 5.41) is 9.98. The molecule has 3 N–H and O–H groups in total. The van der Waals surface area contributed by atoms with Gasteiger partial charge in [0.25, 0.3) is 0 Å². The Hall–Kier alpha value is -1.47. The lowest BCUT2D eigenvalue weighted by molar-refractivity contribution is 0.202. The summed E-state index contributed by atoms with van der Waals surface area (Å²) in [5.74, 6) is 1.24. The number of rotatable bonds is 6. The summed E-state index contributed by atoms with van der Waals surface area (Å²) in [6, 6.07) is 3.58. The SMILES string of the molecule is CCN(C(=O)O)c1ccc(SCCN2CCCCC2)nc1N. The van der Waals surface area contributed by atoms with E-state index in [0.717, 1.165) is 17.3 Å². The highest BCUT2D eigenvalue weighted by Crippen LogP contribution is 2.26. The minimum Gasteiger partial charge on any atom is -0.465 e. The second kappa shape index (κ2) is 8.24. The molecule has 2 rings (SSSR count). The molecule has 0 bridgehead atoms. The second-order valence-corrected chi connectivity index (χ2v) is 6.45. The van der Waals surface area contributed by atoms with Crippen LogP contribution in [-0.2, 0) is 0 Å². The van der Waals surface area contributed by atoms with Crippen LogP contribution in [0.4, 0.5) is 16.3 Å². The maximum atomic E-state index is 11.1. The average Bonchev–Trinajstić information content (AvgIpc) is 2.51. The molecule has 6 nitrogen and oxygen atoms in total. The summed E-state index contributed by atoms with van der Waals surface area (Å²) in [7, 11) is 0. The Morgan fingerprint density at radius 1 is 1.41 bits per heavy atom. The number of amides is 1. The van der Waals surface area contributed by atoms with Crippen molar-refractivity contribution < 1.29 is 9.90 Å². The molecule has 1 saturated heterocycles. The number of nitrogens with zero attached hydrogens (tertiary/aromatic N) is 3. The molecule has 7 heteroatoms. The molecule has 1 aromatic heterocycles. The number of hydrogen-bond acceptors (Lipinski definition) is 5. The van der Waals surface area contributed by atoms with Crippen LogP contribution in [0.1, 0.15) is 26.2 Å². The van der Waals surface area contributed by atoms with Gasteiger partial charge >= 0.3 is 6.09 Å². The maximum Gasteiger partial charge on any atom is 0.411 e. The van der Waals surface area contributed by atoms with Gasteiger partial charge in [0.2, 0.25) is 0 Å². The lowest BCUT2D eigenvalue weighted by atomic mass is 10.1. The van der Waals surface area contributed by atoms with Crippen molar-refractivity contribution in [2.45, 2.75) is 31.2 Å². The van der Waals surface area contributed by atoms with Gasteiger partial charge in [-0.25, -0.2) is 9.78 Å². The van der Waals surface area contributed by atoms with Crippen LogP contribution in [-0.4, -0.2) is 53.0 Å². The van der Waals surface area contributed by atoms with Crippen LogP contribution in [0.3, 0.4) is 0 Å². The first-order chi connectivity index (χ1) is 10.6. The van der Waals surface area contributed by atoms with Crippen LogP contribution < -0.4 is 10.6 Å². The quantitative estimate of drug-likeness (QED) is 0.783. The lowest BCUT2D eigenvalue weighted by Gasteiger charge is -2.26. The van der Waals surface area contributed by atoms with Gasteiger partial charge in [-0.1, -0.05) is 6.42 Å². The van der Waals surface area contributed by atoms with Gasteiger partial charge in [0.1, 0.15) is 5.82 Å². The minimum absolute atomic E-state index is 0.271. The van der Waals surface area contributed by atoms with E-state index >= 15 is 0 Å². The van der Waals surface area contributed by atoms with E-state index in [9.17, 15) is 4.79 Å². The van der Waals surface area contributed by atoms with Crippen molar-refractivity contribution in [2.24, 2.45) is 0 Å². The molecule has 0 atom stereocenters. The van der Waals surface area contributed by atoms with Gasteiger partial charge in [0.05, 0.1) is 10.7 Å². The molecular formula is C15H24N4O2S. The molecule has 1 aliphatic heterocycles. The van der Waals surface area contributed by atoms with Crippen LogP contribution in [0.2, 0.25) is 0 Å². The lowest BCUT2D eigenvalue weighted by Crippen LogP contribution is -2.31. The Morgan fingerprint density at radius 2 is 2.14 bits per heavy atom. The van der Waals surface area contributed by atoms with Crippen molar-refractivity contribution in [1.82, 2.24) is 9.88 Å². The van der Waals surface area contributed by atoms with E-state index < -0.39 is 6.09 Å². The third kappa shape index (κ3) is 4.51. The molecule has 22 heavy (non-hydrogen) atoms. The zero-order chi connectivity index (χ0) is 15.9. The Labute approximate surface area is 135 Å². The number of hydrogen-bond donors (Lipinski definition) is 2. The molecule has 1 amide bonds. The second-order valence-electron chi connectivity index (χ2n) is 5.33. The first-order valence-corrected chi connectivity index (χ1v) is 8.72. The minimum atomic E-state index is -1.01. The Balaban J connectivity index is 1.90. The number of carbonyl (C=O) groups is 1. The molecular weight excluding hydrogens is 300 g/mol. The summed E-state index contributed by atoms with van der Waals surface area (Å²) in [6.45, 7) is 5.57. The molecule has 0 radical (unpaired) electrons. The maximum absolute atomic E-state index is 11.1. The number of pyridine rings is 1. The third-order valence-electron chi connectivity index (χ3n) is 3.82. The number of nitrogen functional groups attached to an aromatic ring is 1. The average molecular weight is 324 g/mol. The predicted molar refractivity (Wildman–Crippen MR) is 90.7 cm³/mol. The number of carboxylic acid groups (broad SMARTS) is 1. The van der Waals surface area contributed by atoms with Gasteiger partial charge in [-0.15, -0.1) is 11.8 Å². The highest BCUT2D eigenvalue weighted by Gasteiger charge is 2.16. The van der Waals surface area contributed by atoms with E-state index in [1.54, 1.807) is 24.8 Å². The van der Waals surface area contributed by atoms with Gasteiger partial charge in [-0.05, 0) is 45.0 Å². The topological polar surface area (TPSA) is 82.7 Å². The number of piperidine rings is 1. The molecule has 1 fully saturated rings. The molecule has 0 aliphatic carbocycles. The third-order valence-corrected chi connectivity index (χ3v) is 4.73. The molecule has 1 aromatic rings. The zero-order valence-electron chi connectivity index (χ0n) is 13.0. The normalized spacial score (nSPS) is 15.7. The van der Waals surface area contributed by atoms with Crippen molar-refractivity contribution in [1.29, 1.82) is 0 Å². The number of likely N-dealkylation sites (tertiary alicyclic amines) is 1. The van der Waals surface area contributed by atoms with E-state index in [2.05, 4.69) is 9.88 Å². The smallest absolute Gasteiger partial charge is 0.411 e. The van der Waals surface area contributed by atoms with Gasteiger partial charge < -0.3 is 15.7 Å². The molecule has 2 heterocycles. The number of anilines is 2. The number of nitrogens with two attached hydrogens (primary N) is 1. The van der Waals surface area contributed by atoms with E-state index in [0.29, 0.717) is 12.2 Å². The standard InChI is InChI=1S/C15H24N4O2S/c1-2-19(15(20)21)12-6-7-13(17-14(12)16)22-11-10-18-8-4-3-5-9-18/h6-7H,2-5,8-11H2,1H3,(H2,16,17)(H,20,21). The van der Waals surface area contributed by atoms with Crippen molar-refractivity contribution in [2.75, 3.05) is 42.6 Å². The van der Waals surface area contributed by atoms with Crippen molar-refractivity contribution in [3.05, 3.63) is 12.1 Å². The van der Waals surface area contributed by atoms with Crippen molar-refractivity contribution in [3.63, 3.8) is 0 Å². The number of thioether (sulfide) groups is 1. The van der Waals surface area contributed by atoms with E-state index in [1.165, 1.54) is 37.3 Å². The Morgan fingerprint density at radius 3 is 2.73 bits per heavy atom. The first-order valence-electron chi connectivity index (χ1n) is 7.74. The summed E-state index contributed by atoms with van der Waals surface area (Å²) in [4.78, 5) is 19.2. The number of aromatic nitrogens is 1. The van der Waals surface area contributed by atoms with E-state index in [4.69, 9.17) is 10.8 Å². The fourth-order valence-corrected chi connectivity index (χ4v) is 3.51. The largest absolute Gasteiger partial charge is 0.465 e.